The van der Waals surface area contributed by atoms with Crippen LogP contribution in [0.4, 0.5) is 0 Å². The molecule has 0 amide bonds. The number of hydrogen-bond donors (Lipinski definition) is 0. The second-order valence-corrected chi connectivity index (χ2v) is 10.8. The highest BCUT2D eigenvalue weighted by atomic mass is 16.4. The van der Waals surface area contributed by atoms with Crippen molar-refractivity contribution in [2.45, 2.75) is 0 Å². The van der Waals surface area contributed by atoms with E-state index >= 15 is 0 Å². The first-order chi connectivity index (χ1) is 21.0. The van der Waals surface area contributed by atoms with Crippen molar-refractivity contribution in [3.8, 4) is 0 Å². The SMILES string of the molecule is O=c1oc2nc3ccccc3cc2c2c(c(=O)c3ccccc13)c1c3ccccc3c(=O)c1c1c3ccccc3c(=O)c21. The third kappa shape index (κ3) is 2.99. The highest BCUT2D eigenvalue weighted by molar-refractivity contribution is 6.41. The van der Waals surface area contributed by atoms with Crippen molar-refractivity contribution >= 4 is 86.6 Å². The Hall–Kier alpha value is -6.01. The molecule has 0 aliphatic heterocycles. The maximum atomic E-state index is 14.9. The van der Waals surface area contributed by atoms with Gasteiger partial charge in [0.25, 0.3) is 0 Å². The fourth-order valence-corrected chi connectivity index (χ4v) is 6.80. The molecular weight excluding hydrogens is 538 g/mol. The molecule has 9 rings (SSSR count). The third-order valence-electron chi connectivity index (χ3n) is 8.60. The van der Waals surface area contributed by atoms with Crippen molar-refractivity contribution in [2.75, 3.05) is 0 Å². The molecule has 0 saturated heterocycles. The molecule has 0 aliphatic rings. The Bertz CT molecular complexity index is 2980. The molecule has 6 heteroatoms. The molecule has 0 radical (unpaired) electrons. The molecule has 0 fully saturated rings. The smallest absolute Gasteiger partial charge is 0.345 e. The van der Waals surface area contributed by atoms with Gasteiger partial charge in [0, 0.05) is 59.2 Å². The molecule has 0 aliphatic carbocycles. The minimum atomic E-state index is -0.736. The average Bonchev–Trinajstić information content (AvgIpc) is 3.51. The van der Waals surface area contributed by atoms with Crippen LogP contribution in [0.1, 0.15) is 0 Å². The lowest BCUT2D eigenvalue weighted by Crippen LogP contribution is -2.05. The van der Waals surface area contributed by atoms with Gasteiger partial charge in [-0.05, 0) is 29.0 Å². The van der Waals surface area contributed by atoms with Gasteiger partial charge in [0.2, 0.25) is 5.71 Å². The number of benzene rings is 5. The quantitative estimate of drug-likeness (QED) is 0.205. The van der Waals surface area contributed by atoms with Gasteiger partial charge in [-0.25, -0.2) is 9.78 Å². The van der Waals surface area contributed by atoms with E-state index in [9.17, 15) is 19.2 Å². The molecule has 200 valence electrons. The molecule has 2 aromatic heterocycles. The second kappa shape index (κ2) is 8.27. The van der Waals surface area contributed by atoms with E-state index < -0.39 is 11.1 Å². The van der Waals surface area contributed by atoms with E-state index in [-0.39, 0.29) is 38.1 Å². The highest BCUT2D eigenvalue weighted by Crippen LogP contribution is 2.41. The minimum Gasteiger partial charge on any atom is -0.403 e. The first-order valence-corrected chi connectivity index (χ1v) is 13.8. The summed E-state index contributed by atoms with van der Waals surface area (Å²) in [5.41, 5.74) is -1.20. The number of aromatic nitrogens is 1. The molecule has 0 spiro atoms. The van der Waals surface area contributed by atoms with Gasteiger partial charge in [0.05, 0.1) is 10.9 Å². The lowest BCUT2D eigenvalue weighted by Gasteiger charge is -2.06. The summed E-state index contributed by atoms with van der Waals surface area (Å²) in [5, 5.41) is 5.37. The first-order valence-electron chi connectivity index (χ1n) is 13.8. The average molecular weight is 556 g/mol. The van der Waals surface area contributed by atoms with Gasteiger partial charge in [-0.15, -0.1) is 0 Å². The molecule has 0 N–H and O–H groups in total. The van der Waals surface area contributed by atoms with E-state index in [1.807, 2.05) is 42.5 Å². The van der Waals surface area contributed by atoms with Crippen LogP contribution in [-0.4, -0.2) is 4.98 Å². The summed E-state index contributed by atoms with van der Waals surface area (Å²) in [6.45, 7) is 0. The predicted molar refractivity (Wildman–Crippen MR) is 173 cm³/mol. The molecule has 0 unspecified atom stereocenters. The van der Waals surface area contributed by atoms with Gasteiger partial charge >= 0.3 is 5.63 Å². The molecule has 0 bridgehead atoms. The number of hydrogen-bond acceptors (Lipinski definition) is 6. The number of rotatable bonds is 0. The van der Waals surface area contributed by atoms with Gasteiger partial charge in [0.15, 0.2) is 16.3 Å². The fourth-order valence-electron chi connectivity index (χ4n) is 6.80. The van der Waals surface area contributed by atoms with Gasteiger partial charge < -0.3 is 4.42 Å². The number of pyridine rings is 1. The Kier molecular flexibility index (Phi) is 4.55. The fraction of sp³-hybridized carbons (Fsp3) is 0. The van der Waals surface area contributed by atoms with Crippen LogP contribution in [0.3, 0.4) is 0 Å². The van der Waals surface area contributed by atoms with E-state index in [0.717, 1.165) is 5.39 Å². The van der Waals surface area contributed by atoms with Crippen LogP contribution in [0.15, 0.2) is 127 Å². The summed E-state index contributed by atoms with van der Waals surface area (Å²) >= 11 is 0. The summed E-state index contributed by atoms with van der Waals surface area (Å²) in [6.07, 6.45) is 0. The topological polar surface area (TPSA) is 94.3 Å². The summed E-state index contributed by atoms with van der Waals surface area (Å²) in [4.78, 5) is 61.8. The standard InChI is InChI=1S/C37H17NO5/c39-33-21-12-4-2-10-19(21)28-30(33)27-20-11-3-5-13-22(20)34(40)31(27)29-25-17-18-9-1-8-16-26(18)38-36(25)43-37(42)24-15-7-6-14-23(24)35(41)32(28)29/h1-17H. The largest absolute Gasteiger partial charge is 0.403 e. The van der Waals surface area contributed by atoms with Crippen LogP contribution in [0.25, 0.3) is 86.6 Å². The molecule has 6 nitrogen and oxygen atoms in total. The van der Waals surface area contributed by atoms with E-state index in [4.69, 9.17) is 9.40 Å². The molecular formula is C37H17NO5. The van der Waals surface area contributed by atoms with Crippen LogP contribution in [0.2, 0.25) is 0 Å². The molecule has 7 aromatic carbocycles. The number of nitrogens with zero attached hydrogens (tertiary/aromatic N) is 1. The van der Waals surface area contributed by atoms with Crippen LogP contribution in [-0.2, 0) is 0 Å². The maximum Gasteiger partial charge on any atom is 0.345 e. The van der Waals surface area contributed by atoms with E-state index in [0.29, 0.717) is 54.0 Å². The number of para-hydroxylation sites is 1. The first kappa shape index (κ1) is 23.7. The lowest BCUT2D eigenvalue weighted by molar-refractivity contribution is 0.561. The zero-order valence-electron chi connectivity index (χ0n) is 22.3. The number of fused-ring (bicyclic) bond motifs is 14. The Balaban J connectivity index is 1.84. The van der Waals surface area contributed by atoms with E-state index in [1.165, 1.54) is 6.07 Å². The Morgan fingerprint density at radius 2 is 0.837 bits per heavy atom. The molecule has 43 heavy (non-hydrogen) atoms. The Labute approximate surface area is 240 Å². The van der Waals surface area contributed by atoms with Crippen molar-refractivity contribution in [1.29, 1.82) is 0 Å². The van der Waals surface area contributed by atoms with Gasteiger partial charge in [0.1, 0.15) is 0 Å². The van der Waals surface area contributed by atoms with Gasteiger partial charge in [-0.2, -0.15) is 0 Å². The van der Waals surface area contributed by atoms with Gasteiger partial charge in [-0.3, -0.25) is 14.4 Å². The third-order valence-corrected chi connectivity index (χ3v) is 8.60. The van der Waals surface area contributed by atoms with Crippen molar-refractivity contribution in [1.82, 2.24) is 4.98 Å². The van der Waals surface area contributed by atoms with Crippen LogP contribution in [0, 0.1) is 0 Å². The van der Waals surface area contributed by atoms with Crippen LogP contribution in [0.5, 0.6) is 0 Å². The van der Waals surface area contributed by atoms with E-state index in [1.54, 1.807) is 54.6 Å². The van der Waals surface area contributed by atoms with Crippen LogP contribution >= 0.6 is 0 Å². The maximum absolute atomic E-state index is 14.9. The molecule has 2 heterocycles. The second-order valence-electron chi connectivity index (χ2n) is 10.8. The zero-order chi connectivity index (χ0) is 29.0. The van der Waals surface area contributed by atoms with Crippen molar-refractivity contribution in [3.63, 3.8) is 0 Å². The molecule has 0 saturated carbocycles. The predicted octanol–water partition coefficient (Wildman–Crippen LogP) is 6.78. The van der Waals surface area contributed by atoms with Gasteiger partial charge in [-0.1, -0.05) is 84.9 Å². The van der Waals surface area contributed by atoms with Crippen LogP contribution < -0.4 is 21.9 Å². The Morgan fingerprint density at radius 3 is 1.40 bits per heavy atom. The van der Waals surface area contributed by atoms with Crippen molar-refractivity contribution in [2.24, 2.45) is 0 Å². The summed E-state index contributed by atoms with van der Waals surface area (Å²) < 4.78 is 5.96. The lowest BCUT2D eigenvalue weighted by atomic mass is 9.95. The zero-order valence-corrected chi connectivity index (χ0v) is 22.3. The molecule has 9 aromatic rings. The van der Waals surface area contributed by atoms with Crippen molar-refractivity contribution < 1.29 is 4.42 Å². The normalized spacial score (nSPS) is 12.1. The van der Waals surface area contributed by atoms with Crippen molar-refractivity contribution in [3.05, 3.63) is 144 Å². The summed E-state index contributed by atoms with van der Waals surface area (Å²) in [5.74, 6) is 0. The minimum absolute atomic E-state index is 0.0158. The summed E-state index contributed by atoms with van der Waals surface area (Å²) in [6, 6.07) is 29.9. The highest BCUT2D eigenvalue weighted by Gasteiger charge is 2.25. The monoisotopic (exact) mass is 555 g/mol. The van der Waals surface area contributed by atoms with E-state index in [2.05, 4.69) is 0 Å². The Morgan fingerprint density at radius 1 is 0.419 bits per heavy atom. The molecule has 0 atom stereocenters. The summed E-state index contributed by atoms with van der Waals surface area (Å²) in [7, 11) is 0.